The molecule has 3 N–H and O–H groups in total. The van der Waals surface area contributed by atoms with Crippen LogP contribution in [0.4, 0.5) is 5.82 Å². The van der Waals surface area contributed by atoms with Gasteiger partial charge in [-0.25, -0.2) is 10.1 Å². The monoisotopic (exact) mass is 264 g/mol. The van der Waals surface area contributed by atoms with Crippen molar-refractivity contribution >= 4 is 13.2 Å². The summed E-state index contributed by atoms with van der Waals surface area (Å²) in [5, 5.41) is 29.7. The lowest BCUT2D eigenvalue weighted by molar-refractivity contribution is -0.0458. The second kappa shape index (κ2) is 5.84. The molecule has 3 atom stereocenters. The SMILES string of the molecule is N#CBNc1ccn([C@H]2C[C@H](O)[C@@H](CO)O2)c(=O)n1. The number of ether oxygens (including phenoxy) is 1. The van der Waals surface area contributed by atoms with E-state index in [1.807, 2.05) is 5.97 Å². The quantitative estimate of drug-likeness (QED) is 0.544. The Kier molecular flexibility index (Phi) is 4.16. The van der Waals surface area contributed by atoms with Crippen LogP contribution in [0, 0.1) is 11.2 Å². The predicted octanol–water partition coefficient (Wildman–Crippen LogP) is -1.87. The highest BCUT2D eigenvalue weighted by molar-refractivity contribution is 6.49. The fourth-order valence-corrected chi connectivity index (χ4v) is 1.91. The van der Waals surface area contributed by atoms with E-state index in [0.717, 1.165) is 0 Å². The van der Waals surface area contributed by atoms with Crippen molar-refractivity contribution in [2.75, 3.05) is 11.8 Å². The Morgan fingerprint density at radius 3 is 3.11 bits per heavy atom. The lowest BCUT2D eigenvalue weighted by atomic mass is 9.99. The number of hydrogen-bond acceptors (Lipinski definition) is 7. The number of aliphatic hydroxyl groups excluding tert-OH is 2. The van der Waals surface area contributed by atoms with Crippen molar-refractivity contribution in [1.82, 2.24) is 9.55 Å². The van der Waals surface area contributed by atoms with Gasteiger partial charge >= 0.3 is 13.1 Å². The topological polar surface area (TPSA) is 120 Å². The molecule has 1 fully saturated rings. The van der Waals surface area contributed by atoms with E-state index in [4.69, 9.17) is 15.1 Å². The molecule has 0 aromatic carbocycles. The molecule has 1 aromatic rings. The maximum absolute atomic E-state index is 11.8. The zero-order chi connectivity index (χ0) is 13.8. The van der Waals surface area contributed by atoms with Crippen molar-refractivity contribution in [3.05, 3.63) is 22.7 Å². The standard InChI is InChI=1S/C10H13BN4O4/c12-5-11-14-8-1-2-15(10(18)13-8)9-3-6(17)7(4-16)19-9/h1-2,6-7,9,11,16-17H,3-4H2,(H,13,14,18)/t6-,7+,9+/m0/s1. The fraction of sp³-hybridized carbons (Fsp3) is 0.500. The molecule has 0 spiro atoms. The van der Waals surface area contributed by atoms with Gasteiger partial charge in [-0.3, -0.25) is 4.57 Å². The Bertz CT molecular complexity index is 543. The molecule has 19 heavy (non-hydrogen) atoms. The maximum Gasteiger partial charge on any atom is 0.359 e. The van der Waals surface area contributed by atoms with Crippen molar-refractivity contribution in [3.8, 4) is 5.97 Å². The maximum atomic E-state index is 11.8. The molecule has 8 nitrogen and oxygen atoms in total. The van der Waals surface area contributed by atoms with Crippen molar-refractivity contribution in [2.24, 2.45) is 0 Å². The zero-order valence-corrected chi connectivity index (χ0v) is 10.1. The summed E-state index contributed by atoms with van der Waals surface area (Å²) in [6.07, 6.45) is -0.437. The van der Waals surface area contributed by atoms with Gasteiger partial charge < -0.3 is 20.2 Å². The Balaban J connectivity index is 2.14. The first-order chi connectivity index (χ1) is 9.15. The number of anilines is 1. The van der Waals surface area contributed by atoms with Gasteiger partial charge in [0.1, 0.15) is 18.1 Å². The number of aliphatic hydroxyl groups is 2. The number of hydrogen-bond donors (Lipinski definition) is 3. The summed E-state index contributed by atoms with van der Waals surface area (Å²) in [6, 6.07) is 1.54. The van der Waals surface area contributed by atoms with E-state index >= 15 is 0 Å². The van der Waals surface area contributed by atoms with Crippen LogP contribution in [0.2, 0.25) is 0 Å². The van der Waals surface area contributed by atoms with Crippen LogP contribution in [0.15, 0.2) is 17.1 Å². The molecule has 9 heteroatoms. The van der Waals surface area contributed by atoms with Gasteiger partial charge in [0.05, 0.1) is 12.7 Å². The summed E-state index contributed by atoms with van der Waals surface area (Å²) in [5.41, 5.74) is -0.543. The van der Waals surface area contributed by atoms with Gasteiger partial charge in [0.2, 0.25) is 0 Å². The third kappa shape index (κ3) is 2.93. The van der Waals surface area contributed by atoms with Gasteiger partial charge in [-0.15, -0.1) is 0 Å². The lowest BCUT2D eigenvalue weighted by Gasteiger charge is -2.14. The summed E-state index contributed by atoms with van der Waals surface area (Å²) in [6.45, 7) is -0.304. The van der Waals surface area contributed by atoms with E-state index < -0.39 is 24.1 Å². The highest BCUT2D eigenvalue weighted by atomic mass is 16.5. The Morgan fingerprint density at radius 1 is 1.74 bits per heavy atom. The summed E-state index contributed by atoms with van der Waals surface area (Å²) >= 11 is 0. The number of nitrogens with zero attached hydrogens (tertiary/aromatic N) is 3. The lowest BCUT2D eigenvalue weighted by Crippen LogP contribution is -2.28. The third-order valence-electron chi connectivity index (χ3n) is 2.87. The molecule has 1 aromatic heterocycles. The van der Waals surface area contributed by atoms with Gasteiger partial charge in [0.15, 0.2) is 0 Å². The van der Waals surface area contributed by atoms with Crippen LogP contribution in [0.25, 0.3) is 0 Å². The van der Waals surface area contributed by atoms with Crippen molar-refractivity contribution in [3.63, 3.8) is 0 Å². The third-order valence-corrected chi connectivity index (χ3v) is 2.87. The first-order valence-corrected chi connectivity index (χ1v) is 5.80. The molecule has 0 unspecified atom stereocenters. The van der Waals surface area contributed by atoms with Gasteiger partial charge in [-0.2, -0.15) is 4.98 Å². The minimum Gasteiger partial charge on any atom is -0.403 e. The van der Waals surface area contributed by atoms with E-state index in [2.05, 4.69) is 10.2 Å². The molecule has 2 heterocycles. The van der Waals surface area contributed by atoms with Gasteiger partial charge in [0.25, 0.3) is 0 Å². The summed E-state index contributed by atoms with van der Waals surface area (Å²) in [4.78, 5) is 15.5. The Morgan fingerprint density at radius 2 is 2.53 bits per heavy atom. The summed E-state index contributed by atoms with van der Waals surface area (Å²) in [5.74, 6) is 2.18. The first-order valence-electron chi connectivity index (χ1n) is 5.80. The van der Waals surface area contributed by atoms with E-state index in [1.54, 1.807) is 6.07 Å². The van der Waals surface area contributed by atoms with E-state index in [0.29, 0.717) is 5.82 Å². The van der Waals surface area contributed by atoms with E-state index in [-0.39, 0.29) is 20.4 Å². The molecule has 0 aliphatic carbocycles. The largest absolute Gasteiger partial charge is 0.403 e. The van der Waals surface area contributed by atoms with Crippen molar-refractivity contribution < 1.29 is 14.9 Å². The summed E-state index contributed by atoms with van der Waals surface area (Å²) in [7, 11) is 0.0572. The molecule has 1 saturated heterocycles. The molecular formula is C10H13BN4O4. The molecule has 1 aliphatic heterocycles. The van der Waals surface area contributed by atoms with Crippen LogP contribution in [0.3, 0.4) is 0 Å². The number of nitriles is 1. The summed E-state index contributed by atoms with van der Waals surface area (Å²) < 4.78 is 6.61. The van der Waals surface area contributed by atoms with Crippen LogP contribution in [-0.2, 0) is 4.74 Å². The van der Waals surface area contributed by atoms with Gasteiger partial charge in [-0.05, 0) is 6.07 Å². The second-order valence-corrected chi connectivity index (χ2v) is 4.13. The molecule has 0 saturated carbocycles. The normalized spacial score (nSPS) is 25.8. The zero-order valence-electron chi connectivity index (χ0n) is 10.1. The Labute approximate surface area is 109 Å². The molecule has 2 rings (SSSR count). The van der Waals surface area contributed by atoms with Gasteiger partial charge in [-0.1, -0.05) is 0 Å². The van der Waals surface area contributed by atoms with Crippen LogP contribution in [0.5, 0.6) is 0 Å². The molecule has 1 aliphatic rings. The minimum atomic E-state index is -0.807. The van der Waals surface area contributed by atoms with Crippen molar-refractivity contribution in [1.29, 1.82) is 5.26 Å². The van der Waals surface area contributed by atoms with E-state index in [1.165, 1.54) is 10.8 Å². The molecule has 100 valence electrons. The smallest absolute Gasteiger partial charge is 0.359 e. The molecular weight excluding hydrogens is 251 g/mol. The fourth-order valence-electron chi connectivity index (χ4n) is 1.91. The molecule has 0 amide bonds. The van der Waals surface area contributed by atoms with Crippen LogP contribution in [0.1, 0.15) is 12.6 Å². The number of rotatable bonds is 4. The minimum absolute atomic E-state index is 0.0572. The predicted molar refractivity (Wildman–Crippen MR) is 66.5 cm³/mol. The second-order valence-electron chi connectivity index (χ2n) is 4.13. The average Bonchev–Trinajstić information content (AvgIpc) is 2.77. The Hall–Kier alpha value is -1.89. The van der Waals surface area contributed by atoms with E-state index in [9.17, 15) is 9.90 Å². The van der Waals surface area contributed by atoms with Crippen LogP contribution < -0.4 is 10.9 Å². The van der Waals surface area contributed by atoms with Crippen molar-refractivity contribution in [2.45, 2.75) is 24.9 Å². The highest BCUT2D eigenvalue weighted by Crippen LogP contribution is 2.27. The molecule has 0 bridgehead atoms. The van der Waals surface area contributed by atoms with Crippen LogP contribution in [-0.4, -0.2) is 46.0 Å². The average molecular weight is 264 g/mol. The first kappa shape index (κ1) is 13.5. The number of nitrogens with one attached hydrogen (secondary N) is 1. The molecule has 0 radical (unpaired) electrons. The highest BCUT2D eigenvalue weighted by Gasteiger charge is 2.34. The van der Waals surface area contributed by atoms with Gasteiger partial charge in [0, 0.05) is 18.6 Å². The van der Waals surface area contributed by atoms with Crippen LogP contribution >= 0.6 is 0 Å². The number of aromatic nitrogens is 2.